The van der Waals surface area contributed by atoms with Gasteiger partial charge in [0, 0.05) is 0 Å². The molecule has 0 unspecified atom stereocenters. The second-order valence-corrected chi connectivity index (χ2v) is 1.58. The van der Waals surface area contributed by atoms with E-state index in [0.717, 1.165) is 12.8 Å². The van der Waals surface area contributed by atoms with Gasteiger partial charge in [-0.1, -0.05) is 77.1 Å². The molecule has 0 nitrogen and oxygen atoms in total. The fraction of sp³-hybridized carbons (Fsp3) is 1.00. The van der Waals surface area contributed by atoms with E-state index in [1.54, 1.807) is 0 Å². The van der Waals surface area contributed by atoms with Gasteiger partial charge in [0.15, 0.2) is 0 Å². The Kier molecular flexibility index (Phi) is 210. The molecule has 0 heterocycles. The summed E-state index contributed by atoms with van der Waals surface area (Å²) < 4.78 is 0. The number of hydrogen-bond donors (Lipinski definition) is 0. The molecule has 0 aromatic rings. The van der Waals surface area contributed by atoms with Crippen molar-refractivity contribution in [1.29, 1.82) is 0 Å². The fourth-order valence-corrected chi connectivity index (χ4v) is 0.289. The summed E-state index contributed by atoms with van der Waals surface area (Å²) in [6.07, 6.45) is 2.22. The molecule has 0 fully saturated rings. The Bertz CT molecular complexity index is 24.2. The largest absolute Gasteiger partial charge is 0.0779 e. The van der Waals surface area contributed by atoms with Crippen molar-refractivity contribution in [2.45, 2.75) is 77.1 Å². The quantitative estimate of drug-likeness (QED) is 0.484. The smallest absolute Gasteiger partial charge is 0.0699 e. The van der Waals surface area contributed by atoms with Crippen LogP contribution < -0.4 is 0 Å². The first kappa shape index (κ1) is 57.6. The van der Waals surface area contributed by atoms with E-state index < -0.39 is 0 Å². The lowest BCUT2D eigenvalue weighted by atomic mass is 9.83. The highest BCUT2D eigenvalue weighted by atomic mass is 13.9. The van der Waals surface area contributed by atoms with Crippen molar-refractivity contribution in [2.24, 2.45) is 0 Å². The van der Waals surface area contributed by atoms with Crippen LogP contribution in [-0.4, -0.2) is 7.85 Å². The van der Waals surface area contributed by atoms with Gasteiger partial charge in [0.05, 0.1) is 7.85 Å². The van der Waals surface area contributed by atoms with E-state index in [1.807, 2.05) is 0 Å². The van der Waals surface area contributed by atoms with Crippen LogP contribution in [0.25, 0.3) is 0 Å². The molecule has 2 radical (unpaired) electrons. The van der Waals surface area contributed by atoms with Crippen LogP contribution in [0.1, 0.15) is 71.2 Å². The molecule has 0 aromatic heterocycles. The summed E-state index contributed by atoms with van der Waals surface area (Å²) in [5.41, 5.74) is 0. The highest BCUT2D eigenvalue weighted by Gasteiger charge is 1.88. The molecule has 0 N–H and O–H groups in total. The first-order chi connectivity index (χ1) is 2.81. The van der Waals surface area contributed by atoms with E-state index in [2.05, 4.69) is 13.8 Å². The average molecular weight is 178 g/mol. The van der Waals surface area contributed by atoms with Crippen molar-refractivity contribution in [2.75, 3.05) is 0 Å². The van der Waals surface area contributed by atoms with Crippen molar-refractivity contribution < 1.29 is 0 Å². The topological polar surface area (TPSA) is 0 Å². The van der Waals surface area contributed by atoms with Gasteiger partial charge in [-0.05, 0) is 0 Å². The molecule has 0 saturated carbocycles. The van der Waals surface area contributed by atoms with E-state index in [4.69, 9.17) is 7.85 Å². The summed E-state index contributed by atoms with van der Waals surface area (Å²) in [5, 5.41) is 0. The molecule has 1 heteroatoms. The van der Waals surface area contributed by atoms with Crippen molar-refractivity contribution in [3.63, 3.8) is 0 Å². The highest BCUT2D eigenvalue weighted by Crippen LogP contribution is 2.06. The maximum Gasteiger partial charge on any atom is 0.0699 e. The molecule has 0 aliphatic heterocycles. The van der Waals surface area contributed by atoms with E-state index in [-0.39, 0.29) is 44.6 Å². The van der Waals surface area contributed by atoms with Gasteiger partial charge in [0.2, 0.25) is 0 Å². The van der Waals surface area contributed by atoms with Gasteiger partial charge in [0.25, 0.3) is 0 Å². The van der Waals surface area contributed by atoms with Crippen LogP contribution in [0, 0.1) is 0 Å². The summed E-state index contributed by atoms with van der Waals surface area (Å²) in [5.74, 6) is 0.435. The molecular weight excluding hydrogens is 143 g/mol. The van der Waals surface area contributed by atoms with Gasteiger partial charge < -0.3 is 0 Å². The maximum atomic E-state index is 5.47. The van der Waals surface area contributed by atoms with Crippen LogP contribution in [0.2, 0.25) is 5.82 Å². The molecule has 0 atom stereocenters. The van der Waals surface area contributed by atoms with Crippen LogP contribution >= 0.6 is 0 Å². The predicted molar refractivity (Wildman–Crippen MR) is 70.5 cm³/mol. The van der Waals surface area contributed by atoms with Crippen molar-refractivity contribution in [1.82, 2.24) is 0 Å². The number of rotatable bonds is 2. The van der Waals surface area contributed by atoms with Gasteiger partial charge in [-0.3, -0.25) is 0 Å². The monoisotopic (exact) mass is 178 g/mol. The van der Waals surface area contributed by atoms with E-state index >= 15 is 0 Å². The zero-order valence-corrected chi connectivity index (χ0v) is 4.57. The molecule has 0 aliphatic rings. The van der Waals surface area contributed by atoms with Gasteiger partial charge in [-0.15, -0.1) is 0 Å². The molecule has 0 aliphatic carbocycles. The normalized spacial score (nSPS) is 4.92. The third-order valence-corrected chi connectivity index (χ3v) is 1.05. The average Bonchev–Trinajstić information content (AvgIpc) is 1.65. The van der Waals surface area contributed by atoms with Crippen molar-refractivity contribution in [3.8, 4) is 0 Å². The second kappa shape index (κ2) is 43.7. The van der Waals surface area contributed by atoms with E-state index in [0.29, 0.717) is 5.82 Å². The number of hydrogen-bond acceptors (Lipinski definition) is 0. The molecular formula is C11H35B. The summed E-state index contributed by atoms with van der Waals surface area (Å²) in [6.45, 7) is 4.21. The van der Waals surface area contributed by atoms with E-state index in [9.17, 15) is 0 Å². The lowest BCUT2D eigenvalue weighted by molar-refractivity contribution is 0.768. The second-order valence-electron chi connectivity index (χ2n) is 1.58. The Hall–Kier alpha value is 0.0649. The molecule has 0 rings (SSSR count). The van der Waals surface area contributed by atoms with Crippen molar-refractivity contribution in [3.05, 3.63) is 0 Å². The molecule has 12 heavy (non-hydrogen) atoms. The summed E-state index contributed by atoms with van der Waals surface area (Å²) in [4.78, 5) is 0. The highest BCUT2D eigenvalue weighted by molar-refractivity contribution is 6.11. The molecule has 0 amide bonds. The van der Waals surface area contributed by atoms with Crippen molar-refractivity contribution >= 4 is 7.85 Å². The van der Waals surface area contributed by atoms with Crippen LogP contribution in [-0.2, 0) is 0 Å². The lowest BCUT2D eigenvalue weighted by Crippen LogP contribution is -1.83. The third-order valence-electron chi connectivity index (χ3n) is 1.05. The predicted octanol–water partition coefficient (Wildman–Crippen LogP) is 5.58. The first-order valence-corrected chi connectivity index (χ1v) is 2.56. The zero-order chi connectivity index (χ0) is 4.99. The Morgan fingerprint density at radius 1 is 0.750 bits per heavy atom. The van der Waals surface area contributed by atoms with E-state index in [1.165, 1.54) is 0 Å². The third kappa shape index (κ3) is 50.1. The minimum atomic E-state index is 0. The van der Waals surface area contributed by atoms with Gasteiger partial charge in [-0.2, -0.15) is 0 Å². The Labute approximate surface area is 85.6 Å². The zero-order valence-electron chi connectivity index (χ0n) is 4.57. The van der Waals surface area contributed by atoms with Crippen LogP contribution in [0.15, 0.2) is 0 Å². The van der Waals surface area contributed by atoms with Crippen LogP contribution in [0.5, 0.6) is 0 Å². The molecule has 0 saturated heterocycles. The molecule has 0 aromatic carbocycles. The minimum Gasteiger partial charge on any atom is -0.0779 e. The standard InChI is InChI=1S/C5H11B.6CH4/c1-3-5(6)4-2;;;;;;/h5H,3-4H2,1-2H3;6*1H4. The summed E-state index contributed by atoms with van der Waals surface area (Å²) in [6, 6.07) is 0. The van der Waals surface area contributed by atoms with Crippen LogP contribution in [0.4, 0.5) is 0 Å². The van der Waals surface area contributed by atoms with Gasteiger partial charge in [-0.25, -0.2) is 0 Å². The Morgan fingerprint density at radius 3 is 0.917 bits per heavy atom. The minimum absolute atomic E-state index is 0. The lowest BCUT2D eigenvalue weighted by Gasteiger charge is -1.99. The van der Waals surface area contributed by atoms with Gasteiger partial charge >= 0.3 is 0 Å². The fourth-order valence-electron chi connectivity index (χ4n) is 0.289. The Balaban J connectivity index is -0.00000000833. The Morgan fingerprint density at radius 2 is 0.917 bits per heavy atom. The maximum absolute atomic E-state index is 5.47. The molecule has 0 spiro atoms. The first-order valence-electron chi connectivity index (χ1n) is 2.56. The molecule has 82 valence electrons. The molecule has 0 bridgehead atoms. The SMILES string of the molecule is C.C.C.C.C.C.[B]C(CC)CC. The van der Waals surface area contributed by atoms with Gasteiger partial charge in [0.1, 0.15) is 0 Å². The van der Waals surface area contributed by atoms with Crippen LogP contribution in [0.3, 0.4) is 0 Å². The summed E-state index contributed by atoms with van der Waals surface area (Å²) in [7, 11) is 5.47. The summed E-state index contributed by atoms with van der Waals surface area (Å²) >= 11 is 0.